The minimum atomic E-state index is -0.795. The fourth-order valence-electron chi connectivity index (χ4n) is 1.50. The molecule has 1 fully saturated rings. The molecular weight excluding hydrogens is 225 g/mol. The topological polar surface area (TPSA) is 61.5 Å². The third kappa shape index (κ3) is 2.49. The first-order chi connectivity index (χ1) is 8.13. The number of ether oxygens (including phenoxy) is 2. The van der Waals surface area contributed by atoms with Crippen LogP contribution in [0.3, 0.4) is 0 Å². The first-order valence-corrected chi connectivity index (χ1v) is 5.42. The third-order valence-electron chi connectivity index (χ3n) is 2.72. The summed E-state index contributed by atoms with van der Waals surface area (Å²) in [6.07, 6.45) is 2.29. The molecule has 0 amide bonds. The van der Waals surface area contributed by atoms with Crippen molar-refractivity contribution in [3.05, 3.63) is 23.5 Å². The second-order valence-electron chi connectivity index (χ2n) is 4.08. The number of nitrogen functional groups attached to an aromatic ring is 1. The van der Waals surface area contributed by atoms with E-state index in [-0.39, 0.29) is 11.3 Å². The van der Waals surface area contributed by atoms with Gasteiger partial charge < -0.3 is 15.2 Å². The van der Waals surface area contributed by atoms with Crippen LogP contribution in [0.1, 0.15) is 23.2 Å². The fourth-order valence-corrected chi connectivity index (χ4v) is 1.50. The molecule has 1 aromatic carbocycles. The third-order valence-corrected chi connectivity index (χ3v) is 2.72. The van der Waals surface area contributed by atoms with Crippen molar-refractivity contribution in [2.24, 2.45) is 5.92 Å². The maximum Gasteiger partial charge on any atom is 0.343 e. The molecule has 5 heteroatoms. The Hall–Kier alpha value is -1.78. The summed E-state index contributed by atoms with van der Waals surface area (Å²) in [7, 11) is 1.18. The van der Waals surface area contributed by atoms with Gasteiger partial charge in [-0.1, -0.05) is 0 Å². The molecule has 0 aliphatic heterocycles. The van der Waals surface area contributed by atoms with E-state index in [9.17, 15) is 9.18 Å². The molecule has 1 aliphatic rings. The summed E-state index contributed by atoms with van der Waals surface area (Å²) in [5, 5.41) is 0. The first kappa shape index (κ1) is 11.7. The Kier molecular flexibility index (Phi) is 3.17. The molecule has 0 radical (unpaired) electrons. The van der Waals surface area contributed by atoms with E-state index < -0.39 is 11.8 Å². The lowest BCUT2D eigenvalue weighted by atomic mass is 10.1. The summed E-state index contributed by atoms with van der Waals surface area (Å²) in [6, 6.07) is 2.59. The molecule has 0 bridgehead atoms. The number of carbonyl (C=O) groups is 1. The molecule has 2 rings (SSSR count). The number of methoxy groups -OCH3 is 1. The second-order valence-corrected chi connectivity index (χ2v) is 4.08. The van der Waals surface area contributed by atoms with Gasteiger partial charge in [-0.05, 0) is 30.9 Å². The minimum absolute atomic E-state index is 0.00231. The molecule has 0 heterocycles. The number of carbonyl (C=O) groups excluding carboxylic acids is 1. The van der Waals surface area contributed by atoms with E-state index in [1.165, 1.54) is 13.2 Å². The van der Waals surface area contributed by atoms with E-state index in [0.717, 1.165) is 18.9 Å². The molecule has 1 saturated carbocycles. The van der Waals surface area contributed by atoms with Crippen LogP contribution in [0.15, 0.2) is 12.1 Å². The highest BCUT2D eigenvalue weighted by molar-refractivity contribution is 5.96. The molecule has 0 saturated heterocycles. The van der Waals surface area contributed by atoms with Gasteiger partial charge in [-0.25, -0.2) is 9.18 Å². The molecule has 1 aromatic rings. The van der Waals surface area contributed by atoms with Crippen molar-refractivity contribution in [2.45, 2.75) is 12.8 Å². The Balaban J connectivity index is 2.23. The lowest BCUT2D eigenvalue weighted by molar-refractivity contribution is 0.0596. The summed E-state index contributed by atoms with van der Waals surface area (Å²) in [5.74, 6) is -0.607. The van der Waals surface area contributed by atoms with Gasteiger partial charge in [0.15, 0.2) is 0 Å². The first-order valence-electron chi connectivity index (χ1n) is 5.42. The largest absolute Gasteiger partial charge is 0.491 e. The van der Waals surface area contributed by atoms with Crippen LogP contribution < -0.4 is 10.5 Å². The zero-order valence-electron chi connectivity index (χ0n) is 9.53. The molecular formula is C12H14FNO3. The Morgan fingerprint density at radius 1 is 1.53 bits per heavy atom. The van der Waals surface area contributed by atoms with Crippen molar-refractivity contribution in [2.75, 3.05) is 19.5 Å². The Morgan fingerprint density at radius 2 is 2.24 bits per heavy atom. The van der Waals surface area contributed by atoms with E-state index in [2.05, 4.69) is 4.74 Å². The van der Waals surface area contributed by atoms with Crippen LogP contribution in [0.2, 0.25) is 0 Å². The zero-order valence-corrected chi connectivity index (χ0v) is 9.53. The molecule has 0 spiro atoms. The average molecular weight is 239 g/mol. The molecule has 0 unspecified atom stereocenters. The van der Waals surface area contributed by atoms with Crippen LogP contribution >= 0.6 is 0 Å². The molecule has 92 valence electrons. The van der Waals surface area contributed by atoms with E-state index in [0.29, 0.717) is 18.3 Å². The Bertz CT molecular complexity index is 444. The maximum absolute atomic E-state index is 13.4. The van der Waals surface area contributed by atoms with Crippen molar-refractivity contribution in [3.8, 4) is 5.75 Å². The molecule has 4 nitrogen and oxygen atoms in total. The lowest BCUT2D eigenvalue weighted by Crippen LogP contribution is -2.11. The predicted octanol–water partition coefficient (Wildman–Crippen LogP) is 1.98. The summed E-state index contributed by atoms with van der Waals surface area (Å²) in [4.78, 5) is 11.4. The van der Waals surface area contributed by atoms with Crippen LogP contribution in [0, 0.1) is 11.7 Å². The van der Waals surface area contributed by atoms with Crippen LogP contribution in [-0.4, -0.2) is 19.7 Å². The SMILES string of the molecule is COC(=O)c1c(F)ccc(OCC2CC2)c1N. The monoisotopic (exact) mass is 239 g/mol. The minimum Gasteiger partial charge on any atom is -0.491 e. The van der Waals surface area contributed by atoms with Gasteiger partial charge in [-0.3, -0.25) is 0 Å². The van der Waals surface area contributed by atoms with Crippen LogP contribution in [-0.2, 0) is 4.74 Å². The molecule has 17 heavy (non-hydrogen) atoms. The molecule has 0 aromatic heterocycles. The van der Waals surface area contributed by atoms with Gasteiger partial charge in [0.2, 0.25) is 0 Å². The van der Waals surface area contributed by atoms with Crippen molar-refractivity contribution in [3.63, 3.8) is 0 Å². The Labute approximate surface area is 98.5 Å². The number of halogens is 1. The summed E-state index contributed by atoms with van der Waals surface area (Å²) in [6.45, 7) is 0.552. The van der Waals surface area contributed by atoms with Crippen LogP contribution in [0.25, 0.3) is 0 Å². The number of hydrogen-bond acceptors (Lipinski definition) is 4. The highest BCUT2D eigenvalue weighted by Gasteiger charge is 2.24. The van der Waals surface area contributed by atoms with Gasteiger partial charge >= 0.3 is 5.97 Å². The van der Waals surface area contributed by atoms with Gasteiger partial charge in [-0.15, -0.1) is 0 Å². The van der Waals surface area contributed by atoms with E-state index in [4.69, 9.17) is 10.5 Å². The van der Waals surface area contributed by atoms with E-state index in [1.807, 2.05) is 0 Å². The second kappa shape index (κ2) is 4.61. The predicted molar refractivity (Wildman–Crippen MR) is 60.4 cm³/mol. The number of rotatable bonds is 4. The van der Waals surface area contributed by atoms with Crippen LogP contribution in [0.4, 0.5) is 10.1 Å². The standard InChI is InChI=1S/C12H14FNO3/c1-16-12(15)10-8(13)4-5-9(11(10)14)17-6-7-2-3-7/h4-5,7H,2-3,6,14H2,1H3. The van der Waals surface area contributed by atoms with E-state index >= 15 is 0 Å². The van der Waals surface area contributed by atoms with Gasteiger partial charge in [0.1, 0.15) is 17.1 Å². The number of anilines is 1. The summed E-state index contributed by atoms with van der Waals surface area (Å²) >= 11 is 0. The zero-order chi connectivity index (χ0) is 12.4. The van der Waals surface area contributed by atoms with Crippen molar-refractivity contribution < 1.29 is 18.7 Å². The van der Waals surface area contributed by atoms with Crippen LogP contribution in [0.5, 0.6) is 5.75 Å². The number of nitrogens with two attached hydrogens (primary N) is 1. The number of benzene rings is 1. The van der Waals surface area contributed by atoms with Crippen molar-refractivity contribution >= 4 is 11.7 Å². The molecule has 0 atom stereocenters. The van der Waals surface area contributed by atoms with Crippen molar-refractivity contribution in [1.29, 1.82) is 0 Å². The maximum atomic E-state index is 13.4. The smallest absolute Gasteiger partial charge is 0.343 e. The highest BCUT2D eigenvalue weighted by Crippen LogP contribution is 2.33. The van der Waals surface area contributed by atoms with E-state index in [1.54, 1.807) is 0 Å². The quantitative estimate of drug-likeness (QED) is 0.644. The lowest BCUT2D eigenvalue weighted by Gasteiger charge is -2.11. The number of hydrogen-bond donors (Lipinski definition) is 1. The molecule has 1 aliphatic carbocycles. The summed E-state index contributed by atoms with van der Waals surface area (Å²) in [5.41, 5.74) is 5.44. The van der Waals surface area contributed by atoms with Gasteiger partial charge in [-0.2, -0.15) is 0 Å². The van der Waals surface area contributed by atoms with Gasteiger partial charge in [0.25, 0.3) is 0 Å². The number of esters is 1. The van der Waals surface area contributed by atoms with Gasteiger partial charge in [0.05, 0.1) is 19.4 Å². The normalized spacial score (nSPS) is 14.5. The highest BCUT2D eigenvalue weighted by atomic mass is 19.1. The molecule has 2 N–H and O–H groups in total. The Morgan fingerprint density at radius 3 is 2.82 bits per heavy atom. The summed E-state index contributed by atoms with van der Waals surface area (Å²) < 4.78 is 23.4. The average Bonchev–Trinajstić information content (AvgIpc) is 3.11. The van der Waals surface area contributed by atoms with Crippen molar-refractivity contribution in [1.82, 2.24) is 0 Å². The fraction of sp³-hybridized carbons (Fsp3) is 0.417. The van der Waals surface area contributed by atoms with Gasteiger partial charge in [0, 0.05) is 0 Å².